The molecule has 1 heterocycles. The van der Waals surface area contributed by atoms with Crippen molar-refractivity contribution >= 4 is 32.4 Å². The third-order valence-electron chi connectivity index (χ3n) is 7.29. The summed E-state index contributed by atoms with van der Waals surface area (Å²) in [4.78, 5) is 26.7. The van der Waals surface area contributed by atoms with E-state index in [1.807, 2.05) is 73.7 Å². The Labute approximate surface area is 240 Å². The lowest BCUT2D eigenvalue weighted by atomic mass is 10.0. The number of amides is 2. The number of hydrogen-bond donors (Lipinski definition) is 2. The van der Waals surface area contributed by atoms with Gasteiger partial charge in [-0.15, -0.1) is 0 Å². The number of carbonyl (C=O) groups excluding carboxylic acids is 2. The van der Waals surface area contributed by atoms with Gasteiger partial charge in [0.1, 0.15) is 18.4 Å². The van der Waals surface area contributed by atoms with Crippen molar-refractivity contribution in [2.45, 2.75) is 49.6 Å². The number of nitrogens with one attached hydrogen (secondary N) is 2. The number of ether oxygens (including phenoxy) is 1. The third kappa shape index (κ3) is 6.95. The first-order valence-corrected chi connectivity index (χ1v) is 15.6. The summed E-state index contributed by atoms with van der Waals surface area (Å²) in [7, 11) is -3.59. The van der Waals surface area contributed by atoms with Gasteiger partial charge in [0.15, 0.2) is 9.84 Å². The number of benzene rings is 4. The summed E-state index contributed by atoms with van der Waals surface area (Å²) in [5, 5.41) is 7.90. The van der Waals surface area contributed by atoms with E-state index in [4.69, 9.17) is 4.74 Å². The molecule has 4 aromatic rings. The number of carbonyl (C=O) groups is 2. The van der Waals surface area contributed by atoms with Crippen molar-refractivity contribution in [2.75, 3.05) is 12.4 Å². The van der Waals surface area contributed by atoms with Crippen molar-refractivity contribution in [1.29, 1.82) is 0 Å². The van der Waals surface area contributed by atoms with E-state index in [2.05, 4.69) is 10.6 Å². The normalized spacial score (nSPS) is 19.4. The summed E-state index contributed by atoms with van der Waals surface area (Å²) < 4.78 is 32.7. The van der Waals surface area contributed by atoms with Crippen LogP contribution in [0, 0.1) is 0 Å². The van der Waals surface area contributed by atoms with Gasteiger partial charge in [-0.3, -0.25) is 9.59 Å². The van der Waals surface area contributed by atoms with Crippen LogP contribution in [0.3, 0.4) is 0 Å². The van der Waals surface area contributed by atoms with Crippen molar-refractivity contribution in [3.05, 3.63) is 96.6 Å². The van der Waals surface area contributed by atoms with Gasteiger partial charge in [-0.25, -0.2) is 8.42 Å². The molecule has 2 N–H and O–H groups in total. The Kier molecular flexibility index (Phi) is 8.69. The zero-order valence-corrected chi connectivity index (χ0v) is 23.8. The van der Waals surface area contributed by atoms with Crippen LogP contribution in [0.25, 0.3) is 21.9 Å². The molecular formula is C33H34N2O5S. The van der Waals surface area contributed by atoms with E-state index in [1.165, 1.54) is 0 Å². The fourth-order valence-corrected chi connectivity index (χ4v) is 6.83. The summed E-state index contributed by atoms with van der Waals surface area (Å²) >= 11 is 0. The predicted molar refractivity (Wildman–Crippen MR) is 160 cm³/mol. The average molecular weight is 571 g/mol. The Morgan fingerprint density at radius 3 is 2.59 bits per heavy atom. The van der Waals surface area contributed by atoms with Gasteiger partial charge < -0.3 is 15.4 Å². The highest BCUT2D eigenvalue weighted by Crippen LogP contribution is 2.31. The molecule has 0 unspecified atom stereocenters. The van der Waals surface area contributed by atoms with Crippen LogP contribution in [0.5, 0.6) is 5.75 Å². The highest BCUT2D eigenvalue weighted by Gasteiger charge is 2.24. The van der Waals surface area contributed by atoms with E-state index in [1.54, 1.807) is 24.3 Å². The van der Waals surface area contributed by atoms with E-state index < -0.39 is 15.9 Å². The zero-order chi connectivity index (χ0) is 28.8. The Morgan fingerprint density at radius 1 is 0.951 bits per heavy atom. The first kappa shape index (κ1) is 28.4. The van der Waals surface area contributed by atoms with Crippen molar-refractivity contribution in [3.63, 3.8) is 0 Å². The summed E-state index contributed by atoms with van der Waals surface area (Å²) in [5.74, 6) is -0.0723. The van der Waals surface area contributed by atoms with Gasteiger partial charge in [0.05, 0.1) is 23.1 Å². The predicted octanol–water partition coefficient (Wildman–Crippen LogP) is 5.08. The maximum absolute atomic E-state index is 13.4. The van der Waals surface area contributed by atoms with Crippen molar-refractivity contribution in [3.8, 4) is 16.9 Å². The van der Waals surface area contributed by atoms with Gasteiger partial charge >= 0.3 is 0 Å². The number of fused-ring (bicyclic) bond motifs is 5. The average Bonchev–Trinajstić information content (AvgIpc) is 2.97. The molecule has 212 valence electrons. The molecule has 2 amide bonds. The number of hydrogen-bond acceptors (Lipinski definition) is 5. The Balaban J connectivity index is 1.36. The molecule has 7 nitrogen and oxygen atoms in total. The Hall–Kier alpha value is -4.17. The lowest BCUT2D eigenvalue weighted by molar-refractivity contribution is -0.129. The standard InChI is InChI=1S/C33H34N2O5S/c1-23-22-40-27-14-9-13-25(20-27)29-16-4-5-18-31(29)41(38,39)19-7-6-17-30(33(37)34-23)35-32(36)21-26-12-8-11-24-10-2-3-15-28(24)26/h2-5,8-16,18,20,23,30H,6-7,17,19,21-22H2,1H3,(H,34,37)(H,35,36)/t23-,30+/m1/s1. The third-order valence-corrected chi connectivity index (χ3v) is 9.15. The smallest absolute Gasteiger partial charge is 0.242 e. The van der Waals surface area contributed by atoms with Crippen LogP contribution in [-0.2, 0) is 25.8 Å². The molecule has 4 aromatic carbocycles. The Bertz CT molecular complexity index is 1660. The largest absolute Gasteiger partial charge is 0.491 e. The van der Waals surface area contributed by atoms with Crippen LogP contribution in [0.15, 0.2) is 95.9 Å². The van der Waals surface area contributed by atoms with Crippen molar-refractivity contribution < 1.29 is 22.7 Å². The molecule has 0 saturated carbocycles. The van der Waals surface area contributed by atoms with Crippen LogP contribution in [0.4, 0.5) is 0 Å². The van der Waals surface area contributed by atoms with E-state index in [0.29, 0.717) is 30.6 Å². The van der Waals surface area contributed by atoms with Crippen LogP contribution in [-0.4, -0.2) is 44.7 Å². The fourth-order valence-electron chi connectivity index (χ4n) is 5.22. The van der Waals surface area contributed by atoms with Crippen LogP contribution < -0.4 is 15.4 Å². The molecule has 0 aromatic heterocycles. The minimum absolute atomic E-state index is 0.0606. The van der Waals surface area contributed by atoms with Crippen molar-refractivity contribution in [1.82, 2.24) is 10.6 Å². The molecule has 0 saturated heterocycles. The van der Waals surface area contributed by atoms with Gasteiger partial charge in [-0.2, -0.15) is 0 Å². The maximum Gasteiger partial charge on any atom is 0.242 e. The second kappa shape index (κ2) is 12.6. The van der Waals surface area contributed by atoms with E-state index >= 15 is 0 Å². The monoisotopic (exact) mass is 570 g/mol. The lowest BCUT2D eigenvalue weighted by Crippen LogP contribution is -2.50. The molecule has 41 heavy (non-hydrogen) atoms. The molecule has 2 atom stereocenters. The van der Waals surface area contributed by atoms with Crippen LogP contribution in [0.1, 0.15) is 31.7 Å². The summed E-state index contributed by atoms with van der Waals surface area (Å²) in [6.07, 6.45) is 1.26. The summed E-state index contributed by atoms with van der Waals surface area (Å²) in [6.45, 7) is 2.06. The molecule has 1 aliphatic rings. The number of sulfone groups is 1. The molecule has 1 aliphatic heterocycles. The quantitative estimate of drug-likeness (QED) is 0.358. The van der Waals surface area contributed by atoms with Gasteiger partial charge in [-0.1, -0.05) is 72.8 Å². The summed E-state index contributed by atoms with van der Waals surface area (Å²) in [6, 6.07) is 26.9. The van der Waals surface area contributed by atoms with E-state index in [-0.39, 0.29) is 41.5 Å². The second-order valence-corrected chi connectivity index (χ2v) is 12.6. The second-order valence-electron chi connectivity index (χ2n) is 10.5. The highest BCUT2D eigenvalue weighted by molar-refractivity contribution is 7.91. The molecule has 0 fully saturated rings. The minimum Gasteiger partial charge on any atom is -0.491 e. The minimum atomic E-state index is -3.59. The lowest BCUT2D eigenvalue weighted by Gasteiger charge is -2.22. The van der Waals surface area contributed by atoms with Crippen LogP contribution in [0.2, 0.25) is 0 Å². The van der Waals surface area contributed by atoms with Gasteiger partial charge in [0, 0.05) is 5.56 Å². The molecular weight excluding hydrogens is 536 g/mol. The fraction of sp³-hybridized carbons (Fsp3) is 0.273. The molecule has 5 rings (SSSR count). The molecule has 2 bridgehead atoms. The van der Waals surface area contributed by atoms with Gasteiger partial charge in [0.2, 0.25) is 11.8 Å². The SMILES string of the molecule is C[C@@H]1COc2cccc(c2)-c2ccccc2S(=O)(=O)CCCC[C@H](NC(=O)Cc2cccc3ccccc23)C(=O)N1. The first-order valence-electron chi connectivity index (χ1n) is 13.9. The topological polar surface area (TPSA) is 102 Å². The first-order chi connectivity index (χ1) is 19.8. The van der Waals surface area contributed by atoms with Gasteiger partial charge in [-0.05, 0) is 66.3 Å². The van der Waals surface area contributed by atoms with Gasteiger partial charge in [0.25, 0.3) is 0 Å². The van der Waals surface area contributed by atoms with E-state index in [9.17, 15) is 18.0 Å². The van der Waals surface area contributed by atoms with E-state index in [0.717, 1.165) is 21.9 Å². The molecule has 0 spiro atoms. The maximum atomic E-state index is 13.4. The van der Waals surface area contributed by atoms with Crippen LogP contribution >= 0.6 is 0 Å². The number of rotatable bonds is 3. The summed E-state index contributed by atoms with van der Waals surface area (Å²) in [5.41, 5.74) is 2.26. The highest BCUT2D eigenvalue weighted by atomic mass is 32.2. The molecule has 8 heteroatoms. The Morgan fingerprint density at radius 2 is 1.71 bits per heavy atom. The van der Waals surface area contributed by atoms with Crippen molar-refractivity contribution in [2.24, 2.45) is 0 Å². The zero-order valence-electron chi connectivity index (χ0n) is 23.0. The molecule has 0 radical (unpaired) electrons. The molecule has 0 aliphatic carbocycles.